The van der Waals surface area contributed by atoms with E-state index in [1.165, 1.54) is 5.56 Å². The van der Waals surface area contributed by atoms with Crippen LogP contribution in [0.5, 0.6) is 0 Å². The smallest absolute Gasteiger partial charge is 0.305 e. The Balaban J connectivity index is 2.10. The molecule has 0 amide bonds. The Bertz CT molecular complexity index is 622. The first-order valence-electron chi connectivity index (χ1n) is 8.34. The molecule has 5 nitrogen and oxygen atoms in total. The quantitative estimate of drug-likeness (QED) is 0.639. The first-order valence-corrected chi connectivity index (χ1v) is 8.34. The van der Waals surface area contributed by atoms with Gasteiger partial charge in [0.2, 0.25) is 0 Å². The minimum Gasteiger partial charge on any atom is -0.481 e. The molecule has 0 fully saturated rings. The van der Waals surface area contributed by atoms with Crippen LogP contribution < -0.4 is 0 Å². The van der Waals surface area contributed by atoms with Crippen LogP contribution in [0.4, 0.5) is 0 Å². The summed E-state index contributed by atoms with van der Waals surface area (Å²) >= 11 is 0. The molecule has 0 saturated carbocycles. The predicted octanol–water partition coefficient (Wildman–Crippen LogP) is 2.21. The van der Waals surface area contributed by atoms with Crippen molar-refractivity contribution in [2.45, 2.75) is 57.8 Å². The first-order chi connectivity index (χ1) is 11.3. The van der Waals surface area contributed by atoms with Gasteiger partial charge in [-0.2, -0.15) is 0 Å². The number of carboxylic acid groups (broad SMARTS) is 1. The second-order valence-electron chi connectivity index (χ2n) is 6.83. The number of aliphatic hydroxyl groups is 3. The lowest BCUT2D eigenvalue weighted by molar-refractivity contribution is -0.139. The van der Waals surface area contributed by atoms with Crippen molar-refractivity contribution in [1.29, 1.82) is 0 Å². The number of carboxylic acids is 1. The molecule has 0 radical (unpaired) electrons. The molecule has 132 valence electrons. The van der Waals surface area contributed by atoms with Gasteiger partial charge in [0.25, 0.3) is 0 Å². The summed E-state index contributed by atoms with van der Waals surface area (Å²) in [7, 11) is 0. The van der Waals surface area contributed by atoms with Crippen LogP contribution in [0, 0.1) is 12.8 Å². The molecule has 0 saturated heterocycles. The average Bonchev–Trinajstić information content (AvgIpc) is 2.44. The van der Waals surface area contributed by atoms with Crippen LogP contribution >= 0.6 is 0 Å². The topological polar surface area (TPSA) is 98.0 Å². The van der Waals surface area contributed by atoms with Crippen molar-refractivity contribution in [3.8, 4) is 0 Å². The number of aliphatic carboxylic acids is 1. The van der Waals surface area contributed by atoms with Crippen LogP contribution in [0.25, 0.3) is 6.08 Å². The van der Waals surface area contributed by atoms with Crippen LogP contribution in [-0.4, -0.2) is 38.6 Å². The molecule has 4 atom stereocenters. The van der Waals surface area contributed by atoms with E-state index < -0.39 is 24.3 Å². The highest BCUT2D eigenvalue weighted by molar-refractivity contribution is 5.67. The number of hydrogen-bond acceptors (Lipinski definition) is 4. The number of hydrogen-bond donors (Lipinski definition) is 4. The Kier molecular flexibility index (Phi) is 6.15. The van der Waals surface area contributed by atoms with Gasteiger partial charge in [-0.05, 0) is 47.9 Å². The number of aliphatic hydroxyl groups excluding tert-OH is 3. The number of fused-ring (bicyclic) bond motifs is 1. The van der Waals surface area contributed by atoms with Gasteiger partial charge in [0.05, 0.1) is 24.7 Å². The third kappa shape index (κ3) is 4.66. The molecule has 0 bridgehead atoms. The standard InChI is InChI=1S/C19H26O5/c1-11-7-14-4-3-13(12(2)19(14)17(22)8-11)5-6-15(20)9-16(21)10-18(23)24/h3-6,11,15-17,20-22H,7-10H2,1-2H3,(H,23,24)/b6-5+/t11-,15?,16?,17+/m1/s1. The van der Waals surface area contributed by atoms with Gasteiger partial charge in [-0.25, -0.2) is 0 Å². The SMILES string of the molecule is Cc1c(/C=C/C(O)CC(O)CC(=O)O)ccc2c1[C@@H](O)C[C@H](C)C2. The van der Waals surface area contributed by atoms with Crippen molar-refractivity contribution in [3.63, 3.8) is 0 Å². The summed E-state index contributed by atoms with van der Waals surface area (Å²) in [6, 6.07) is 3.99. The van der Waals surface area contributed by atoms with Gasteiger partial charge in [-0.15, -0.1) is 0 Å². The molecule has 1 aliphatic carbocycles. The minimum absolute atomic E-state index is 0.0209. The molecule has 0 spiro atoms. The van der Waals surface area contributed by atoms with Crippen LogP contribution in [0.1, 0.15) is 54.5 Å². The van der Waals surface area contributed by atoms with Crippen molar-refractivity contribution in [3.05, 3.63) is 40.5 Å². The monoisotopic (exact) mass is 334 g/mol. The van der Waals surface area contributed by atoms with E-state index in [0.29, 0.717) is 5.92 Å². The average molecular weight is 334 g/mol. The lowest BCUT2D eigenvalue weighted by Crippen LogP contribution is -2.19. The molecule has 4 N–H and O–H groups in total. The molecule has 2 rings (SSSR count). The largest absolute Gasteiger partial charge is 0.481 e. The Morgan fingerprint density at radius 2 is 2.08 bits per heavy atom. The van der Waals surface area contributed by atoms with Gasteiger partial charge in [-0.3, -0.25) is 4.79 Å². The predicted molar refractivity (Wildman–Crippen MR) is 91.5 cm³/mol. The highest BCUT2D eigenvalue weighted by Gasteiger charge is 2.25. The summed E-state index contributed by atoms with van der Waals surface area (Å²) in [5.41, 5.74) is 4.07. The lowest BCUT2D eigenvalue weighted by Gasteiger charge is -2.28. The molecule has 0 aromatic heterocycles. The maximum absolute atomic E-state index is 10.5. The Hall–Kier alpha value is -1.69. The first kappa shape index (κ1) is 18.6. The number of rotatable bonds is 6. The van der Waals surface area contributed by atoms with Gasteiger partial charge < -0.3 is 20.4 Å². The van der Waals surface area contributed by atoms with Crippen LogP contribution in [-0.2, 0) is 11.2 Å². The van der Waals surface area contributed by atoms with Crippen molar-refractivity contribution >= 4 is 12.0 Å². The van der Waals surface area contributed by atoms with Gasteiger partial charge in [0, 0.05) is 6.42 Å². The van der Waals surface area contributed by atoms with E-state index in [9.17, 15) is 20.1 Å². The fourth-order valence-electron chi connectivity index (χ4n) is 3.44. The van der Waals surface area contributed by atoms with E-state index in [4.69, 9.17) is 5.11 Å². The second-order valence-corrected chi connectivity index (χ2v) is 6.83. The molecule has 1 aromatic carbocycles. The van der Waals surface area contributed by atoms with E-state index >= 15 is 0 Å². The van der Waals surface area contributed by atoms with Crippen molar-refractivity contribution in [2.24, 2.45) is 5.92 Å². The zero-order valence-corrected chi connectivity index (χ0v) is 14.1. The zero-order valence-electron chi connectivity index (χ0n) is 14.1. The Morgan fingerprint density at radius 1 is 1.38 bits per heavy atom. The van der Waals surface area contributed by atoms with Crippen LogP contribution in [0.2, 0.25) is 0 Å². The molecule has 1 aliphatic rings. The normalized spacial score (nSPS) is 23.0. The van der Waals surface area contributed by atoms with E-state index in [-0.39, 0.29) is 12.8 Å². The Morgan fingerprint density at radius 3 is 2.75 bits per heavy atom. The molecule has 0 aliphatic heterocycles. The summed E-state index contributed by atoms with van der Waals surface area (Å²) in [6.07, 6.45) is 2.18. The van der Waals surface area contributed by atoms with Crippen molar-refractivity contribution < 1.29 is 25.2 Å². The van der Waals surface area contributed by atoms with Crippen molar-refractivity contribution in [2.75, 3.05) is 0 Å². The van der Waals surface area contributed by atoms with E-state index in [2.05, 4.69) is 6.92 Å². The third-order valence-corrected chi connectivity index (χ3v) is 4.60. The second kappa shape index (κ2) is 7.92. The molecule has 24 heavy (non-hydrogen) atoms. The van der Waals surface area contributed by atoms with Gasteiger partial charge in [-0.1, -0.05) is 31.2 Å². The van der Waals surface area contributed by atoms with E-state index in [0.717, 1.165) is 29.5 Å². The van der Waals surface area contributed by atoms with Crippen molar-refractivity contribution in [1.82, 2.24) is 0 Å². The van der Waals surface area contributed by atoms with Crippen LogP contribution in [0.3, 0.4) is 0 Å². The molecule has 2 unspecified atom stereocenters. The van der Waals surface area contributed by atoms with Gasteiger partial charge >= 0.3 is 5.97 Å². The lowest BCUT2D eigenvalue weighted by atomic mass is 9.80. The van der Waals surface area contributed by atoms with Gasteiger partial charge in [0.15, 0.2) is 0 Å². The summed E-state index contributed by atoms with van der Waals surface area (Å²) in [4.78, 5) is 10.5. The summed E-state index contributed by atoms with van der Waals surface area (Å²) < 4.78 is 0. The molecule has 1 aromatic rings. The molecule has 5 heteroatoms. The highest BCUT2D eigenvalue weighted by atomic mass is 16.4. The third-order valence-electron chi connectivity index (χ3n) is 4.60. The minimum atomic E-state index is -1.09. The van der Waals surface area contributed by atoms with Gasteiger partial charge in [0.1, 0.15) is 0 Å². The van der Waals surface area contributed by atoms with E-state index in [1.807, 2.05) is 19.1 Å². The fraction of sp³-hybridized carbons (Fsp3) is 0.526. The number of benzene rings is 1. The maximum atomic E-state index is 10.5. The zero-order chi connectivity index (χ0) is 17.9. The molecular weight excluding hydrogens is 308 g/mol. The molecule has 0 heterocycles. The van der Waals surface area contributed by atoms with Crippen LogP contribution in [0.15, 0.2) is 18.2 Å². The Labute approximate surface area is 142 Å². The highest BCUT2D eigenvalue weighted by Crippen LogP contribution is 2.36. The summed E-state index contributed by atoms with van der Waals surface area (Å²) in [6.45, 7) is 4.09. The number of carbonyl (C=O) groups is 1. The van der Waals surface area contributed by atoms with E-state index in [1.54, 1.807) is 12.2 Å². The summed E-state index contributed by atoms with van der Waals surface area (Å²) in [5.74, 6) is -0.627. The summed E-state index contributed by atoms with van der Waals surface area (Å²) in [5, 5.41) is 38.4. The molecular formula is C19H26O5. The fourth-order valence-corrected chi connectivity index (χ4v) is 3.44. The maximum Gasteiger partial charge on any atom is 0.305 e.